The van der Waals surface area contributed by atoms with E-state index in [0.717, 1.165) is 0 Å². The molecule has 0 spiro atoms. The summed E-state index contributed by atoms with van der Waals surface area (Å²) < 4.78 is 0. The van der Waals surface area contributed by atoms with E-state index in [1.807, 2.05) is 20.1 Å². The average Bonchev–Trinajstić information content (AvgIpc) is 2.37. The topological polar surface area (TPSA) is 105 Å². The quantitative estimate of drug-likeness (QED) is 0.265. The van der Waals surface area contributed by atoms with Gasteiger partial charge in [-0.25, -0.2) is 15.8 Å². The minimum atomic E-state index is -0.391. The number of hydrazine groups is 1. The number of hydrogen-bond donors (Lipinski definition) is 4. The van der Waals surface area contributed by atoms with Crippen LogP contribution in [-0.4, -0.2) is 34.2 Å². The summed E-state index contributed by atoms with van der Waals surface area (Å²) in [5.41, 5.74) is 2.47. The predicted octanol–water partition coefficient (Wildman–Crippen LogP) is 0.809. The van der Waals surface area contributed by atoms with Gasteiger partial charge in [-0.1, -0.05) is 11.8 Å². The van der Waals surface area contributed by atoms with E-state index in [2.05, 4.69) is 26.0 Å². The molecule has 1 rings (SSSR count). The highest BCUT2D eigenvalue weighted by Crippen LogP contribution is 2.17. The molecule has 0 bridgehead atoms. The number of carbonyl (C=O) groups is 1. The van der Waals surface area contributed by atoms with Crippen molar-refractivity contribution in [3.05, 3.63) is 6.07 Å². The van der Waals surface area contributed by atoms with Crippen molar-refractivity contribution in [3.63, 3.8) is 0 Å². The molecule has 0 aromatic carbocycles. The molecule has 0 aliphatic rings. The zero-order valence-corrected chi connectivity index (χ0v) is 12.3. The molecule has 1 aromatic rings. The van der Waals surface area contributed by atoms with E-state index in [9.17, 15) is 4.79 Å². The number of amides is 1. The highest BCUT2D eigenvalue weighted by atomic mass is 32.2. The Kier molecular flexibility index (Phi) is 5.84. The minimum Gasteiger partial charge on any atom is -0.358 e. The molecule has 0 radical (unpaired) electrons. The second-order valence-electron chi connectivity index (χ2n) is 4.30. The lowest BCUT2D eigenvalue weighted by Gasteiger charge is -2.17. The molecule has 0 saturated heterocycles. The highest BCUT2D eigenvalue weighted by Gasteiger charge is 2.14. The Labute approximate surface area is 117 Å². The number of rotatable bonds is 6. The number of carbonyl (C=O) groups excluding carboxylic acids is 1. The third kappa shape index (κ3) is 4.92. The molecule has 7 nitrogen and oxygen atoms in total. The zero-order valence-electron chi connectivity index (χ0n) is 11.5. The summed E-state index contributed by atoms with van der Waals surface area (Å²) in [5.74, 6) is 6.31. The van der Waals surface area contributed by atoms with Crippen LogP contribution in [0.2, 0.25) is 0 Å². The van der Waals surface area contributed by atoms with Gasteiger partial charge in [0.15, 0.2) is 5.16 Å². The number of thioether (sulfide) groups is 1. The molecule has 8 heteroatoms. The molecule has 0 aliphatic heterocycles. The van der Waals surface area contributed by atoms with E-state index in [1.54, 1.807) is 13.0 Å². The van der Waals surface area contributed by atoms with Crippen molar-refractivity contribution in [3.8, 4) is 0 Å². The Morgan fingerprint density at radius 2 is 1.95 bits per heavy atom. The van der Waals surface area contributed by atoms with Gasteiger partial charge in [-0.15, -0.1) is 0 Å². The van der Waals surface area contributed by atoms with Crippen molar-refractivity contribution in [2.24, 2.45) is 5.84 Å². The van der Waals surface area contributed by atoms with Crippen molar-refractivity contribution in [1.29, 1.82) is 0 Å². The van der Waals surface area contributed by atoms with Gasteiger partial charge in [-0.3, -0.25) is 4.79 Å². The summed E-state index contributed by atoms with van der Waals surface area (Å²) >= 11 is 1.40. The third-order valence-corrected chi connectivity index (χ3v) is 2.77. The fourth-order valence-corrected chi connectivity index (χ4v) is 1.74. The summed E-state index contributed by atoms with van der Waals surface area (Å²) in [6, 6.07) is 1.36. The van der Waals surface area contributed by atoms with E-state index in [-0.39, 0.29) is 11.9 Å². The molecule has 0 aliphatic carbocycles. The Hall–Kier alpha value is -1.54. The van der Waals surface area contributed by atoms with Gasteiger partial charge < -0.3 is 16.1 Å². The Balaban J connectivity index is 2.78. The van der Waals surface area contributed by atoms with Crippen molar-refractivity contribution >= 4 is 29.3 Å². The van der Waals surface area contributed by atoms with E-state index in [4.69, 9.17) is 5.84 Å². The monoisotopic (exact) mass is 284 g/mol. The first-order valence-corrected chi connectivity index (χ1v) is 7.15. The first-order valence-electron chi connectivity index (χ1n) is 5.93. The van der Waals surface area contributed by atoms with E-state index in [0.29, 0.717) is 16.8 Å². The lowest BCUT2D eigenvalue weighted by atomic mass is 10.3. The van der Waals surface area contributed by atoms with Crippen LogP contribution in [-0.2, 0) is 4.79 Å². The average molecular weight is 284 g/mol. The molecular formula is C11H20N6OS. The van der Waals surface area contributed by atoms with Crippen molar-refractivity contribution in [2.75, 3.05) is 17.0 Å². The fraction of sp³-hybridized carbons (Fsp3) is 0.545. The Morgan fingerprint density at radius 3 is 2.47 bits per heavy atom. The number of nitrogens with zero attached hydrogens (tertiary/aromatic N) is 2. The van der Waals surface area contributed by atoms with Gasteiger partial charge in [0.05, 0.1) is 0 Å². The van der Waals surface area contributed by atoms with Crippen LogP contribution in [0.4, 0.5) is 11.6 Å². The summed E-state index contributed by atoms with van der Waals surface area (Å²) in [4.78, 5) is 20.2. The molecule has 1 unspecified atom stereocenters. The SMILES string of the molecule is CSc1nc(NN)cc(NC(C)C(=O)NC(C)C)n1. The van der Waals surface area contributed by atoms with E-state index < -0.39 is 6.04 Å². The summed E-state index contributed by atoms with van der Waals surface area (Å²) in [6.07, 6.45) is 1.87. The molecule has 5 N–H and O–H groups in total. The molecule has 19 heavy (non-hydrogen) atoms. The van der Waals surface area contributed by atoms with Crippen molar-refractivity contribution < 1.29 is 4.79 Å². The largest absolute Gasteiger partial charge is 0.358 e. The molecule has 1 heterocycles. The first-order chi connectivity index (χ1) is 8.96. The van der Waals surface area contributed by atoms with Crippen LogP contribution in [0, 0.1) is 0 Å². The maximum atomic E-state index is 11.8. The number of nitrogens with two attached hydrogens (primary N) is 1. The van der Waals surface area contributed by atoms with E-state index >= 15 is 0 Å². The van der Waals surface area contributed by atoms with Crippen LogP contribution < -0.4 is 21.9 Å². The van der Waals surface area contributed by atoms with Crippen LogP contribution in [0.5, 0.6) is 0 Å². The molecule has 1 amide bonds. The fourth-order valence-electron chi connectivity index (χ4n) is 1.36. The maximum Gasteiger partial charge on any atom is 0.242 e. The first kappa shape index (κ1) is 15.5. The van der Waals surface area contributed by atoms with Crippen LogP contribution in [0.3, 0.4) is 0 Å². The molecule has 106 valence electrons. The molecule has 1 aromatic heterocycles. The molecule has 0 saturated carbocycles. The normalized spacial score (nSPS) is 12.1. The Morgan fingerprint density at radius 1 is 1.32 bits per heavy atom. The number of anilines is 2. The van der Waals surface area contributed by atoms with E-state index in [1.165, 1.54) is 11.8 Å². The van der Waals surface area contributed by atoms with Gasteiger partial charge in [0.1, 0.15) is 17.7 Å². The number of nitrogen functional groups attached to an aromatic ring is 1. The third-order valence-electron chi connectivity index (χ3n) is 2.22. The summed E-state index contributed by atoms with van der Waals surface area (Å²) in [7, 11) is 0. The van der Waals surface area contributed by atoms with Gasteiger partial charge in [0.25, 0.3) is 0 Å². The Bertz CT molecular complexity index is 417. The second-order valence-corrected chi connectivity index (χ2v) is 5.07. The summed E-state index contributed by atoms with van der Waals surface area (Å²) in [6.45, 7) is 5.60. The predicted molar refractivity (Wildman–Crippen MR) is 78.0 cm³/mol. The van der Waals surface area contributed by atoms with Crippen LogP contribution in [0.25, 0.3) is 0 Å². The standard InChI is InChI=1S/C11H20N6OS/c1-6(2)13-10(18)7(3)14-8-5-9(17-12)16-11(15-8)19-4/h5-7H,12H2,1-4H3,(H,13,18)(H2,14,15,16,17). The number of aromatic nitrogens is 2. The van der Waals surface area contributed by atoms with Crippen LogP contribution in [0.1, 0.15) is 20.8 Å². The van der Waals surface area contributed by atoms with Crippen LogP contribution >= 0.6 is 11.8 Å². The number of hydrogen-bond acceptors (Lipinski definition) is 7. The number of nitrogens with one attached hydrogen (secondary N) is 3. The summed E-state index contributed by atoms with van der Waals surface area (Å²) in [5, 5.41) is 6.43. The molecular weight excluding hydrogens is 264 g/mol. The van der Waals surface area contributed by atoms with Gasteiger partial charge in [-0.05, 0) is 27.0 Å². The molecule has 0 fully saturated rings. The highest BCUT2D eigenvalue weighted by molar-refractivity contribution is 7.98. The van der Waals surface area contributed by atoms with Gasteiger partial charge in [-0.2, -0.15) is 0 Å². The second kappa shape index (κ2) is 7.15. The lowest BCUT2D eigenvalue weighted by Crippen LogP contribution is -2.41. The maximum absolute atomic E-state index is 11.8. The van der Waals surface area contributed by atoms with Crippen molar-refractivity contribution in [2.45, 2.75) is 38.0 Å². The van der Waals surface area contributed by atoms with Crippen LogP contribution in [0.15, 0.2) is 11.2 Å². The van der Waals surface area contributed by atoms with Gasteiger partial charge >= 0.3 is 0 Å². The van der Waals surface area contributed by atoms with Gasteiger partial charge in [0, 0.05) is 12.1 Å². The zero-order chi connectivity index (χ0) is 14.4. The van der Waals surface area contributed by atoms with Crippen molar-refractivity contribution in [1.82, 2.24) is 15.3 Å². The smallest absolute Gasteiger partial charge is 0.242 e. The lowest BCUT2D eigenvalue weighted by molar-refractivity contribution is -0.122. The van der Waals surface area contributed by atoms with Gasteiger partial charge in [0.2, 0.25) is 5.91 Å². The minimum absolute atomic E-state index is 0.0819. The molecule has 1 atom stereocenters.